The fraction of sp³-hybridized carbons (Fsp3) is 0.462. The Bertz CT molecular complexity index is 577. The number of carbonyl (C=O) groups is 1. The summed E-state index contributed by atoms with van der Waals surface area (Å²) in [4.78, 5) is 11.4. The predicted octanol–water partition coefficient (Wildman–Crippen LogP) is 1.20. The van der Waals surface area contributed by atoms with Crippen molar-refractivity contribution >= 4 is 15.8 Å². The maximum absolute atomic E-state index is 13.9. The summed E-state index contributed by atoms with van der Waals surface area (Å²) < 4.78 is 41.1. The first-order chi connectivity index (χ1) is 9.10. The van der Waals surface area contributed by atoms with Gasteiger partial charge < -0.3 is 9.84 Å². The minimum atomic E-state index is -3.38. The molecule has 0 aliphatic carbocycles. The first kappa shape index (κ1) is 16.6. The van der Waals surface area contributed by atoms with Crippen molar-refractivity contribution in [1.29, 1.82) is 0 Å². The quantitative estimate of drug-likeness (QED) is 0.827. The summed E-state index contributed by atoms with van der Waals surface area (Å²) in [5, 5.41) is 10.1. The van der Waals surface area contributed by atoms with Gasteiger partial charge in [0.05, 0.1) is 11.5 Å². The molecule has 2 atom stereocenters. The van der Waals surface area contributed by atoms with Crippen molar-refractivity contribution in [2.24, 2.45) is 0 Å². The van der Waals surface area contributed by atoms with Crippen molar-refractivity contribution in [3.8, 4) is 0 Å². The summed E-state index contributed by atoms with van der Waals surface area (Å²) in [5.74, 6) is -1.16. The number of halogens is 1. The number of hydrogen-bond acceptors (Lipinski definition) is 5. The highest BCUT2D eigenvalue weighted by atomic mass is 32.2. The molecule has 0 bridgehead atoms. The van der Waals surface area contributed by atoms with E-state index in [1.54, 1.807) is 0 Å². The largest absolute Gasteiger partial charge is 0.464 e. The van der Waals surface area contributed by atoms with Gasteiger partial charge in [0.1, 0.15) is 5.60 Å². The third kappa shape index (κ3) is 3.55. The van der Waals surface area contributed by atoms with Gasteiger partial charge in [0.2, 0.25) is 6.17 Å². The summed E-state index contributed by atoms with van der Waals surface area (Å²) in [6.45, 7) is 2.66. The first-order valence-electron chi connectivity index (χ1n) is 5.94. The van der Waals surface area contributed by atoms with E-state index in [1.807, 2.05) is 0 Å². The second-order valence-electron chi connectivity index (χ2n) is 4.56. The third-order valence-corrected chi connectivity index (χ3v) is 3.98. The molecule has 0 spiro atoms. The average Bonchev–Trinajstić information content (AvgIpc) is 2.37. The number of sulfone groups is 1. The Morgan fingerprint density at radius 2 is 1.90 bits per heavy atom. The van der Waals surface area contributed by atoms with Crippen LogP contribution in [0.15, 0.2) is 29.2 Å². The molecule has 0 aliphatic rings. The molecule has 20 heavy (non-hydrogen) atoms. The Balaban J connectivity index is 3.07. The number of hydrogen-bond donors (Lipinski definition) is 1. The lowest BCUT2D eigenvalue weighted by molar-refractivity contribution is -0.160. The van der Waals surface area contributed by atoms with Gasteiger partial charge in [-0.15, -0.1) is 0 Å². The van der Waals surface area contributed by atoms with Crippen LogP contribution in [0.1, 0.15) is 19.4 Å². The summed E-state index contributed by atoms with van der Waals surface area (Å²) in [7, 11) is -3.38. The number of ether oxygens (including phenoxy) is 1. The monoisotopic (exact) mass is 304 g/mol. The Morgan fingerprint density at radius 3 is 2.30 bits per heavy atom. The molecule has 1 rings (SSSR count). The van der Waals surface area contributed by atoms with Crippen LogP contribution in [0.5, 0.6) is 0 Å². The second kappa shape index (κ2) is 5.88. The molecular formula is C13H17FO5S. The lowest BCUT2D eigenvalue weighted by Gasteiger charge is -2.26. The summed E-state index contributed by atoms with van der Waals surface area (Å²) in [6, 6.07) is 5.03. The fourth-order valence-electron chi connectivity index (χ4n) is 1.63. The molecule has 2 unspecified atom stereocenters. The summed E-state index contributed by atoms with van der Waals surface area (Å²) >= 11 is 0. The zero-order valence-electron chi connectivity index (χ0n) is 11.5. The van der Waals surface area contributed by atoms with Gasteiger partial charge in [-0.2, -0.15) is 0 Å². The Kier molecular flexibility index (Phi) is 4.88. The van der Waals surface area contributed by atoms with E-state index in [4.69, 9.17) is 0 Å². The fourth-order valence-corrected chi connectivity index (χ4v) is 2.26. The predicted molar refractivity (Wildman–Crippen MR) is 70.7 cm³/mol. The average molecular weight is 304 g/mol. The van der Waals surface area contributed by atoms with Crippen LogP contribution in [0.3, 0.4) is 0 Å². The third-order valence-electron chi connectivity index (χ3n) is 2.85. The summed E-state index contributed by atoms with van der Waals surface area (Å²) in [5.41, 5.74) is -2.01. The maximum Gasteiger partial charge on any atom is 0.344 e. The van der Waals surface area contributed by atoms with Crippen LogP contribution < -0.4 is 0 Å². The van der Waals surface area contributed by atoms with Gasteiger partial charge in [0, 0.05) is 6.26 Å². The van der Waals surface area contributed by atoms with Crippen LogP contribution >= 0.6 is 0 Å². The van der Waals surface area contributed by atoms with Gasteiger partial charge in [0.15, 0.2) is 9.84 Å². The Labute approximate surface area is 117 Å². The molecule has 5 nitrogen and oxygen atoms in total. The van der Waals surface area contributed by atoms with Crippen LogP contribution in [-0.4, -0.2) is 38.5 Å². The molecular weight excluding hydrogens is 287 g/mol. The standard InChI is InChI=1S/C13H17FO5S/c1-4-19-12(15)11(14)13(2,16)9-5-7-10(8-6-9)20(3,17)18/h5-8,11,16H,4H2,1-3H3. The van der Waals surface area contributed by atoms with E-state index in [0.29, 0.717) is 0 Å². The van der Waals surface area contributed by atoms with E-state index in [9.17, 15) is 22.7 Å². The molecule has 0 radical (unpaired) electrons. The second-order valence-corrected chi connectivity index (χ2v) is 6.57. The molecule has 0 amide bonds. The van der Waals surface area contributed by atoms with E-state index < -0.39 is 27.6 Å². The van der Waals surface area contributed by atoms with E-state index in [1.165, 1.54) is 31.2 Å². The minimum Gasteiger partial charge on any atom is -0.464 e. The molecule has 112 valence electrons. The normalized spacial score (nSPS) is 16.2. The van der Waals surface area contributed by atoms with Crippen molar-refractivity contribution in [3.63, 3.8) is 0 Å². The maximum atomic E-state index is 13.9. The van der Waals surface area contributed by atoms with E-state index in [2.05, 4.69) is 4.74 Å². The molecule has 7 heteroatoms. The smallest absolute Gasteiger partial charge is 0.344 e. The number of benzene rings is 1. The number of esters is 1. The Morgan fingerprint density at radius 1 is 1.40 bits per heavy atom. The van der Waals surface area contributed by atoms with E-state index in [0.717, 1.165) is 13.2 Å². The SMILES string of the molecule is CCOC(=O)C(F)C(C)(O)c1ccc(S(C)(=O)=O)cc1. The van der Waals surface area contributed by atoms with Crippen LogP contribution in [0.4, 0.5) is 4.39 Å². The molecule has 0 aliphatic heterocycles. The molecule has 1 aromatic rings. The molecule has 0 heterocycles. The van der Waals surface area contributed by atoms with Gasteiger partial charge in [-0.05, 0) is 31.5 Å². The lowest BCUT2D eigenvalue weighted by atomic mass is 9.91. The van der Waals surface area contributed by atoms with Gasteiger partial charge in [-0.3, -0.25) is 0 Å². The minimum absolute atomic E-state index is 0.00233. The summed E-state index contributed by atoms with van der Waals surface area (Å²) in [6.07, 6.45) is -1.22. The van der Waals surface area contributed by atoms with Crippen LogP contribution in [0.25, 0.3) is 0 Å². The lowest BCUT2D eigenvalue weighted by Crippen LogP contribution is -2.40. The topological polar surface area (TPSA) is 80.7 Å². The first-order valence-corrected chi connectivity index (χ1v) is 7.83. The molecule has 0 aromatic heterocycles. The van der Waals surface area contributed by atoms with E-state index >= 15 is 0 Å². The zero-order chi connectivity index (χ0) is 15.6. The zero-order valence-corrected chi connectivity index (χ0v) is 12.3. The van der Waals surface area contributed by atoms with E-state index in [-0.39, 0.29) is 17.1 Å². The van der Waals surface area contributed by atoms with Crippen molar-refractivity contribution in [2.45, 2.75) is 30.5 Å². The van der Waals surface area contributed by atoms with Gasteiger partial charge in [-0.1, -0.05) is 12.1 Å². The molecule has 1 aromatic carbocycles. The van der Waals surface area contributed by atoms with Crippen LogP contribution in [0, 0.1) is 0 Å². The highest BCUT2D eigenvalue weighted by molar-refractivity contribution is 7.90. The highest BCUT2D eigenvalue weighted by Crippen LogP contribution is 2.28. The molecule has 0 saturated carbocycles. The van der Waals surface area contributed by atoms with Crippen molar-refractivity contribution < 1.29 is 27.4 Å². The van der Waals surface area contributed by atoms with Crippen molar-refractivity contribution in [1.82, 2.24) is 0 Å². The van der Waals surface area contributed by atoms with Crippen LogP contribution in [-0.2, 0) is 25.0 Å². The number of alkyl halides is 1. The number of aliphatic hydroxyl groups is 1. The van der Waals surface area contributed by atoms with Gasteiger partial charge in [0.25, 0.3) is 0 Å². The van der Waals surface area contributed by atoms with Crippen LogP contribution in [0.2, 0.25) is 0 Å². The molecule has 0 saturated heterocycles. The van der Waals surface area contributed by atoms with Crippen molar-refractivity contribution in [3.05, 3.63) is 29.8 Å². The number of carbonyl (C=O) groups excluding carboxylic acids is 1. The van der Waals surface area contributed by atoms with Crippen molar-refractivity contribution in [2.75, 3.05) is 12.9 Å². The number of rotatable bonds is 5. The van der Waals surface area contributed by atoms with Gasteiger partial charge >= 0.3 is 5.97 Å². The molecule has 0 fully saturated rings. The van der Waals surface area contributed by atoms with Gasteiger partial charge in [-0.25, -0.2) is 17.6 Å². The Hall–Kier alpha value is -1.47. The highest BCUT2D eigenvalue weighted by Gasteiger charge is 2.40. The molecule has 1 N–H and O–H groups in total.